The summed E-state index contributed by atoms with van der Waals surface area (Å²) in [5, 5.41) is 24.2. The van der Waals surface area contributed by atoms with E-state index in [0.29, 0.717) is 53.8 Å². The van der Waals surface area contributed by atoms with E-state index in [1.54, 1.807) is 13.8 Å². The Kier molecular flexibility index (Phi) is 36.6. The lowest BCUT2D eigenvalue weighted by atomic mass is 9.64. The fourth-order valence-electron chi connectivity index (χ4n) is 9.70. The molecule has 6 atom stereocenters. The summed E-state index contributed by atoms with van der Waals surface area (Å²) >= 11 is 0. The number of carboxylic acids is 1. The summed E-state index contributed by atoms with van der Waals surface area (Å²) in [6, 6.07) is 1.64. The van der Waals surface area contributed by atoms with Gasteiger partial charge in [0.15, 0.2) is 9.84 Å². The molecule has 2 aliphatic carbocycles. The second-order valence-corrected chi connectivity index (χ2v) is 27.2. The Labute approximate surface area is 428 Å². The number of carboxylic acid groups (broad SMARTS) is 1. The number of hydrogen-bond acceptors (Lipinski definition) is 8. The van der Waals surface area contributed by atoms with Gasteiger partial charge in [-0.25, -0.2) is 8.42 Å². The van der Waals surface area contributed by atoms with E-state index in [1.165, 1.54) is 64.3 Å². The smallest absolute Gasteiger partial charge is 0.303 e. The quantitative estimate of drug-likeness (QED) is 0.158. The summed E-state index contributed by atoms with van der Waals surface area (Å²) in [6.07, 6.45) is 17.0. The van der Waals surface area contributed by atoms with E-state index in [2.05, 4.69) is 93.7 Å². The fraction of sp³-hybridized carbons (Fsp3) is 0.948. The molecule has 10 nitrogen and oxygen atoms in total. The first-order chi connectivity index (χ1) is 31.8. The van der Waals surface area contributed by atoms with Crippen molar-refractivity contribution < 1.29 is 33.0 Å². The zero-order chi connectivity index (χ0) is 53.8. The lowest BCUT2D eigenvalue weighted by molar-refractivity contribution is -0.137. The van der Waals surface area contributed by atoms with E-state index in [0.717, 1.165) is 86.2 Å². The number of aliphatic carboxylic acids is 1. The number of likely N-dealkylation sites (tertiary alicyclic amines) is 1. The third-order valence-electron chi connectivity index (χ3n) is 15.4. The van der Waals surface area contributed by atoms with Crippen LogP contribution in [0.15, 0.2) is 0 Å². The average molecular weight is 1000 g/mol. The molecule has 4 aliphatic heterocycles. The summed E-state index contributed by atoms with van der Waals surface area (Å²) in [7, 11) is -2.69. The van der Waals surface area contributed by atoms with Gasteiger partial charge in [0.05, 0.1) is 17.1 Å². The predicted octanol–water partition coefficient (Wildman–Crippen LogP) is 13.3. The molecule has 69 heavy (non-hydrogen) atoms. The van der Waals surface area contributed by atoms with E-state index in [1.807, 2.05) is 46.4 Å². The van der Waals surface area contributed by atoms with Crippen molar-refractivity contribution in [3.05, 3.63) is 0 Å². The molecule has 4 N–H and O–H groups in total. The predicted molar refractivity (Wildman–Crippen MR) is 295 cm³/mol. The van der Waals surface area contributed by atoms with Crippen molar-refractivity contribution in [2.45, 2.75) is 264 Å². The Hall–Kier alpha value is -1.56. The van der Waals surface area contributed by atoms with Crippen molar-refractivity contribution in [1.29, 1.82) is 0 Å². The van der Waals surface area contributed by atoms with Crippen molar-refractivity contribution in [2.75, 3.05) is 25.4 Å². The average Bonchev–Trinajstić information content (AvgIpc) is 4.01. The largest absolute Gasteiger partial charge is 0.481 e. The number of nitrogens with one attached hydrogen (secondary N) is 2. The van der Waals surface area contributed by atoms with Crippen LogP contribution in [0.2, 0.25) is 0 Å². The molecule has 6 aliphatic rings. The van der Waals surface area contributed by atoms with E-state index in [4.69, 9.17) is 5.11 Å². The Morgan fingerprint density at radius 1 is 0.696 bits per heavy atom. The standard InChI is InChI=1S/C9H17NO.C8H17N.C8H16.C7H15NO.C7H14O2S.C7H14.C6H12O2.C6H12O/c1-7(2)9-5-4-6-10(9)8(3)11;1-6(2)8-4-7(3)5-9-8;1-7(2)8(3)5-4-6-8;1-5(2)7-6(9)3-4-8-7;1-6(2)7-4-3-5-10(7,8)9;1-6(2)7-4-3-5-7;1-5(2)3-4-6(7)8;1-5(2)4-6(3)7/h7,9H,4-6H2,1-3H3;6-9H,4-5H2,1-3H3;7H,4-6H2,1-3H3;5-9H,3-4H2,1-2H3;6-7H,3-5H2,1-2H3;6-7H,3-5H2,1-2H3;5H,3-4H2,1-2H3,(H,7,8);5H,4H2,1-3H3. The highest BCUT2D eigenvalue weighted by atomic mass is 32.2. The number of aliphatic hydroxyl groups excluding tert-OH is 1. The van der Waals surface area contributed by atoms with Crippen molar-refractivity contribution >= 4 is 27.5 Å². The third-order valence-corrected chi connectivity index (χ3v) is 17.9. The van der Waals surface area contributed by atoms with Crippen LogP contribution in [0.5, 0.6) is 0 Å². The maximum absolute atomic E-state index is 11.2. The van der Waals surface area contributed by atoms with Crippen LogP contribution in [0.1, 0.15) is 235 Å². The SMILES string of the molecule is CC(=O)CC(C)C.CC(=O)N1CCCC1C(C)C.CC(C)C1(C)CCC1.CC(C)C1CCC1.CC(C)C1CCCS1(=O)=O.CC(C)C1NCCC1O.CC(C)CCC(=O)O.CC1CNC(C(C)C)C1. The van der Waals surface area contributed by atoms with Crippen molar-refractivity contribution in [3.8, 4) is 0 Å². The molecule has 0 aromatic carbocycles. The number of nitrogens with zero attached hydrogens (tertiary/aromatic N) is 1. The summed E-state index contributed by atoms with van der Waals surface area (Å²) in [5.74, 6) is 7.39. The lowest BCUT2D eigenvalue weighted by Crippen LogP contribution is -2.36. The van der Waals surface area contributed by atoms with Crippen LogP contribution in [-0.4, -0.2) is 96.1 Å². The van der Waals surface area contributed by atoms with Gasteiger partial charge in [-0.3, -0.25) is 9.59 Å². The van der Waals surface area contributed by atoms with Gasteiger partial charge in [-0.2, -0.15) is 0 Å². The monoisotopic (exact) mass is 1000 g/mol. The number of hydrogen-bond donors (Lipinski definition) is 4. The summed E-state index contributed by atoms with van der Waals surface area (Å²) in [5.41, 5.74) is 0.722. The van der Waals surface area contributed by atoms with Crippen LogP contribution in [0.4, 0.5) is 0 Å². The Morgan fingerprint density at radius 2 is 1.28 bits per heavy atom. The van der Waals surface area contributed by atoms with Gasteiger partial charge in [-0.1, -0.05) is 150 Å². The maximum Gasteiger partial charge on any atom is 0.303 e. The molecular formula is C58H117N3O7S. The first-order valence-electron chi connectivity index (χ1n) is 28.1. The van der Waals surface area contributed by atoms with Crippen LogP contribution in [0.25, 0.3) is 0 Å². The third kappa shape index (κ3) is 31.6. The van der Waals surface area contributed by atoms with Crippen LogP contribution in [0.3, 0.4) is 0 Å². The molecule has 0 spiro atoms. The first-order valence-corrected chi connectivity index (χ1v) is 29.9. The summed E-state index contributed by atoms with van der Waals surface area (Å²) in [4.78, 5) is 33.2. The van der Waals surface area contributed by atoms with Crippen LogP contribution in [0, 0.1) is 64.6 Å². The highest BCUT2D eigenvalue weighted by Crippen LogP contribution is 2.46. The zero-order valence-electron chi connectivity index (χ0n) is 48.9. The molecule has 6 rings (SSSR count). The fourth-order valence-corrected chi connectivity index (χ4v) is 11.9. The van der Waals surface area contributed by atoms with Gasteiger partial charge in [0.2, 0.25) is 5.91 Å². The van der Waals surface area contributed by atoms with Crippen molar-refractivity contribution in [1.82, 2.24) is 15.5 Å². The molecule has 0 bridgehead atoms. The Bertz CT molecular complexity index is 1450. The van der Waals surface area contributed by atoms with E-state index >= 15 is 0 Å². The molecule has 2 saturated carbocycles. The molecule has 1 amide bonds. The molecule has 6 fully saturated rings. The second kappa shape index (κ2) is 36.4. The second-order valence-electron chi connectivity index (χ2n) is 24.9. The minimum Gasteiger partial charge on any atom is -0.481 e. The Morgan fingerprint density at radius 3 is 1.43 bits per heavy atom. The highest BCUT2D eigenvalue weighted by Gasteiger charge is 2.35. The van der Waals surface area contributed by atoms with Gasteiger partial charge in [-0.15, -0.1) is 0 Å². The zero-order valence-corrected chi connectivity index (χ0v) is 49.7. The Balaban J connectivity index is 0. The van der Waals surface area contributed by atoms with Crippen LogP contribution in [-0.2, 0) is 24.2 Å². The van der Waals surface area contributed by atoms with Gasteiger partial charge >= 0.3 is 5.97 Å². The molecule has 412 valence electrons. The molecule has 4 heterocycles. The van der Waals surface area contributed by atoms with Gasteiger partial charge < -0.3 is 30.5 Å². The number of Topliss-reactive ketones (excluding diaryl/α,β-unsaturated/α-hetero) is 1. The molecule has 11 heteroatoms. The van der Waals surface area contributed by atoms with E-state index < -0.39 is 15.8 Å². The molecule has 0 aromatic rings. The van der Waals surface area contributed by atoms with E-state index in [-0.39, 0.29) is 23.0 Å². The normalized spacial score (nSPS) is 25.3. The minimum absolute atomic E-state index is 0.0486. The summed E-state index contributed by atoms with van der Waals surface area (Å²) in [6.45, 7) is 45.8. The van der Waals surface area contributed by atoms with Crippen molar-refractivity contribution in [2.24, 2.45) is 64.6 Å². The summed E-state index contributed by atoms with van der Waals surface area (Å²) < 4.78 is 22.4. The van der Waals surface area contributed by atoms with Crippen LogP contribution >= 0.6 is 0 Å². The number of carbonyl (C=O) groups excluding carboxylic acids is 2. The number of aliphatic hydroxyl groups is 1. The number of rotatable bonds is 11. The molecular weight excluding hydrogens is 883 g/mol. The van der Waals surface area contributed by atoms with Crippen LogP contribution < -0.4 is 10.6 Å². The van der Waals surface area contributed by atoms with Gasteiger partial charge in [0, 0.05) is 44.4 Å². The molecule has 0 radical (unpaired) electrons. The minimum atomic E-state index is -2.69. The molecule has 6 unspecified atom stereocenters. The van der Waals surface area contributed by atoms with Gasteiger partial charge in [0.25, 0.3) is 0 Å². The van der Waals surface area contributed by atoms with E-state index in [9.17, 15) is 27.9 Å². The van der Waals surface area contributed by atoms with Gasteiger partial charge in [-0.05, 0) is 142 Å². The number of carbonyl (C=O) groups is 3. The molecule has 4 saturated heterocycles. The van der Waals surface area contributed by atoms with Gasteiger partial charge in [0.1, 0.15) is 5.78 Å². The lowest BCUT2D eigenvalue weighted by Gasteiger charge is -2.42. The highest BCUT2D eigenvalue weighted by molar-refractivity contribution is 7.92. The van der Waals surface area contributed by atoms with Crippen molar-refractivity contribution in [3.63, 3.8) is 0 Å². The number of ketones is 1. The topological polar surface area (TPSA) is 153 Å². The number of sulfone groups is 1. The first kappa shape index (κ1) is 69.5. The maximum atomic E-state index is 11.2. The number of amides is 1. The molecule has 0 aromatic heterocycles.